The van der Waals surface area contributed by atoms with Gasteiger partial charge in [-0.15, -0.1) is 0 Å². The minimum absolute atomic E-state index is 0.435. The fourth-order valence-corrected chi connectivity index (χ4v) is 4.15. The minimum Gasteiger partial charge on any atom is -0.340 e. The number of nitrogens with one attached hydrogen (secondary N) is 3. The van der Waals surface area contributed by atoms with E-state index in [0.29, 0.717) is 11.8 Å². The average Bonchev–Trinajstić information content (AvgIpc) is 3.36. The van der Waals surface area contributed by atoms with Crippen molar-refractivity contribution in [1.82, 2.24) is 25.5 Å². The van der Waals surface area contributed by atoms with Crippen molar-refractivity contribution in [3.63, 3.8) is 0 Å². The van der Waals surface area contributed by atoms with Gasteiger partial charge in [-0.25, -0.2) is 4.98 Å². The molecule has 1 aliphatic carbocycles. The number of H-pyrrole nitrogens is 1. The van der Waals surface area contributed by atoms with Gasteiger partial charge in [-0.1, -0.05) is 25.0 Å². The average molecular weight is 368 g/mol. The molecule has 2 aromatic heterocycles. The van der Waals surface area contributed by atoms with Gasteiger partial charge in [-0.3, -0.25) is 5.10 Å². The molecule has 0 aromatic carbocycles. The standard InChI is InChI=1S/C20H29N7/c1-14-8-10-27(13-16(14)12-21-2)20-22-9-7-18(24-20)23-19-11-17(25-26-19)15-5-3-4-6-15/h7,9,11,15-16,21H,1,3-6,8,10,12-13H2,2H3,(H2,22,23,24,25,26)/t16-/m1/s1. The monoisotopic (exact) mass is 367 g/mol. The van der Waals surface area contributed by atoms with Crippen LogP contribution in [0, 0.1) is 5.92 Å². The second kappa shape index (κ2) is 8.08. The molecule has 4 rings (SSSR count). The Morgan fingerprint density at radius 3 is 2.96 bits per heavy atom. The summed E-state index contributed by atoms with van der Waals surface area (Å²) in [6.07, 6.45) is 7.95. The highest BCUT2D eigenvalue weighted by Gasteiger charge is 2.24. The molecule has 1 saturated carbocycles. The van der Waals surface area contributed by atoms with Gasteiger partial charge in [0.15, 0.2) is 5.82 Å². The molecule has 27 heavy (non-hydrogen) atoms. The molecule has 3 heterocycles. The molecule has 1 atom stereocenters. The molecule has 0 unspecified atom stereocenters. The van der Waals surface area contributed by atoms with Crippen LogP contribution in [0.15, 0.2) is 30.5 Å². The van der Waals surface area contributed by atoms with Crippen LogP contribution in [-0.4, -0.2) is 46.8 Å². The van der Waals surface area contributed by atoms with E-state index in [9.17, 15) is 0 Å². The maximum absolute atomic E-state index is 4.72. The van der Waals surface area contributed by atoms with Crippen molar-refractivity contribution in [2.24, 2.45) is 5.92 Å². The molecule has 0 spiro atoms. The summed E-state index contributed by atoms with van der Waals surface area (Å²) in [4.78, 5) is 11.5. The van der Waals surface area contributed by atoms with Crippen molar-refractivity contribution in [3.05, 3.63) is 36.2 Å². The first-order valence-electron chi connectivity index (χ1n) is 9.95. The molecule has 0 amide bonds. The third kappa shape index (κ3) is 4.13. The Bertz CT molecular complexity index is 778. The van der Waals surface area contributed by atoms with Gasteiger partial charge in [0.25, 0.3) is 0 Å². The van der Waals surface area contributed by atoms with Crippen molar-refractivity contribution < 1.29 is 0 Å². The molecule has 7 nitrogen and oxygen atoms in total. The maximum atomic E-state index is 4.72. The van der Waals surface area contributed by atoms with Crippen LogP contribution in [0.5, 0.6) is 0 Å². The number of aromatic amines is 1. The molecule has 1 saturated heterocycles. The van der Waals surface area contributed by atoms with Crippen molar-refractivity contribution in [1.29, 1.82) is 0 Å². The summed E-state index contributed by atoms with van der Waals surface area (Å²) in [5.41, 5.74) is 2.54. The first kappa shape index (κ1) is 18.0. The number of rotatable bonds is 6. The van der Waals surface area contributed by atoms with E-state index in [1.54, 1.807) is 0 Å². The molecule has 144 valence electrons. The molecule has 0 bridgehead atoms. The summed E-state index contributed by atoms with van der Waals surface area (Å²) in [6.45, 7) is 6.97. The molecule has 2 fully saturated rings. The van der Waals surface area contributed by atoms with Gasteiger partial charge < -0.3 is 15.5 Å². The second-order valence-electron chi connectivity index (χ2n) is 7.67. The first-order chi connectivity index (χ1) is 13.2. The van der Waals surface area contributed by atoms with Crippen LogP contribution in [0.4, 0.5) is 17.6 Å². The van der Waals surface area contributed by atoms with Crippen LogP contribution in [0.25, 0.3) is 0 Å². The lowest BCUT2D eigenvalue weighted by Gasteiger charge is -2.34. The fourth-order valence-electron chi connectivity index (χ4n) is 4.15. The number of nitrogens with zero attached hydrogens (tertiary/aromatic N) is 4. The summed E-state index contributed by atoms with van der Waals surface area (Å²) >= 11 is 0. The zero-order valence-electron chi connectivity index (χ0n) is 16.0. The lowest BCUT2D eigenvalue weighted by Crippen LogP contribution is -2.41. The Morgan fingerprint density at radius 1 is 1.30 bits per heavy atom. The van der Waals surface area contributed by atoms with E-state index in [2.05, 4.69) is 43.4 Å². The fraction of sp³-hybridized carbons (Fsp3) is 0.550. The highest BCUT2D eigenvalue weighted by atomic mass is 15.3. The number of hydrogen-bond donors (Lipinski definition) is 3. The van der Waals surface area contributed by atoms with E-state index in [0.717, 1.165) is 43.6 Å². The van der Waals surface area contributed by atoms with E-state index in [4.69, 9.17) is 4.98 Å². The first-order valence-corrected chi connectivity index (χ1v) is 9.95. The highest BCUT2D eigenvalue weighted by Crippen LogP contribution is 2.34. The van der Waals surface area contributed by atoms with E-state index < -0.39 is 0 Å². The smallest absolute Gasteiger partial charge is 0.227 e. The molecule has 7 heteroatoms. The Hall–Kier alpha value is -2.41. The normalized spacial score (nSPS) is 21.0. The van der Waals surface area contributed by atoms with Crippen LogP contribution in [0.2, 0.25) is 0 Å². The van der Waals surface area contributed by atoms with Crippen LogP contribution < -0.4 is 15.5 Å². The molecule has 3 N–H and O–H groups in total. The van der Waals surface area contributed by atoms with Crippen molar-refractivity contribution in [2.45, 2.75) is 38.0 Å². The lowest BCUT2D eigenvalue weighted by atomic mass is 9.93. The van der Waals surface area contributed by atoms with Crippen molar-refractivity contribution in [2.75, 3.05) is 36.9 Å². The van der Waals surface area contributed by atoms with Gasteiger partial charge in [0, 0.05) is 49.4 Å². The van der Waals surface area contributed by atoms with E-state index in [-0.39, 0.29) is 0 Å². The van der Waals surface area contributed by atoms with Gasteiger partial charge in [0.2, 0.25) is 5.95 Å². The van der Waals surface area contributed by atoms with Crippen LogP contribution >= 0.6 is 0 Å². The SMILES string of the molecule is C=C1CCN(c2nccc(Nc3cc(C4CCCC4)[nH]n3)n2)C[C@H]1CNC. The van der Waals surface area contributed by atoms with Gasteiger partial charge >= 0.3 is 0 Å². The summed E-state index contributed by atoms with van der Waals surface area (Å²) in [5.74, 6) is 3.42. The number of hydrogen-bond acceptors (Lipinski definition) is 6. The van der Waals surface area contributed by atoms with Crippen LogP contribution in [0.1, 0.15) is 43.7 Å². The number of aromatic nitrogens is 4. The minimum atomic E-state index is 0.435. The molecule has 2 aromatic rings. The zero-order valence-corrected chi connectivity index (χ0v) is 16.0. The third-order valence-corrected chi connectivity index (χ3v) is 5.75. The number of piperidine rings is 1. The summed E-state index contributed by atoms with van der Waals surface area (Å²) in [6, 6.07) is 4.01. The summed E-state index contributed by atoms with van der Waals surface area (Å²) in [5, 5.41) is 14.2. The molecular formula is C20H29N7. The molecule has 0 radical (unpaired) electrons. The predicted molar refractivity (Wildman–Crippen MR) is 108 cm³/mol. The van der Waals surface area contributed by atoms with Gasteiger partial charge in [-0.05, 0) is 32.4 Å². The molecule has 2 aliphatic rings. The number of anilines is 3. The van der Waals surface area contributed by atoms with E-state index in [1.165, 1.54) is 37.0 Å². The van der Waals surface area contributed by atoms with Crippen LogP contribution in [-0.2, 0) is 0 Å². The quantitative estimate of drug-likeness (QED) is 0.680. The topological polar surface area (TPSA) is 81.8 Å². The van der Waals surface area contributed by atoms with Gasteiger partial charge in [-0.2, -0.15) is 10.1 Å². The molecular weight excluding hydrogens is 338 g/mol. The Balaban J connectivity index is 1.44. The van der Waals surface area contributed by atoms with Crippen molar-refractivity contribution >= 4 is 17.6 Å². The Kier molecular flexibility index (Phi) is 5.38. The summed E-state index contributed by atoms with van der Waals surface area (Å²) < 4.78 is 0. The van der Waals surface area contributed by atoms with Crippen LogP contribution in [0.3, 0.4) is 0 Å². The van der Waals surface area contributed by atoms with E-state index in [1.807, 2.05) is 19.3 Å². The lowest BCUT2D eigenvalue weighted by molar-refractivity contribution is 0.494. The molecule has 1 aliphatic heterocycles. The highest BCUT2D eigenvalue weighted by molar-refractivity contribution is 5.53. The largest absolute Gasteiger partial charge is 0.340 e. The van der Waals surface area contributed by atoms with Gasteiger partial charge in [0.05, 0.1) is 0 Å². The van der Waals surface area contributed by atoms with Crippen molar-refractivity contribution in [3.8, 4) is 0 Å². The zero-order chi connectivity index (χ0) is 18.6. The third-order valence-electron chi connectivity index (χ3n) is 5.75. The van der Waals surface area contributed by atoms with Gasteiger partial charge in [0.1, 0.15) is 5.82 Å². The second-order valence-corrected chi connectivity index (χ2v) is 7.67. The Morgan fingerprint density at radius 2 is 2.15 bits per heavy atom. The van der Waals surface area contributed by atoms with E-state index >= 15 is 0 Å². The predicted octanol–water partition coefficient (Wildman–Crippen LogP) is 3.20. The maximum Gasteiger partial charge on any atom is 0.227 e. The summed E-state index contributed by atoms with van der Waals surface area (Å²) in [7, 11) is 1.98. The Labute approximate surface area is 160 Å².